The van der Waals surface area contributed by atoms with E-state index in [0.717, 1.165) is 11.1 Å². The topological polar surface area (TPSA) is 78.8 Å². The van der Waals surface area contributed by atoms with Gasteiger partial charge >= 0.3 is 6.09 Å². The van der Waals surface area contributed by atoms with E-state index >= 15 is 0 Å². The fourth-order valence-electron chi connectivity index (χ4n) is 4.01. The second-order valence-corrected chi connectivity index (χ2v) is 8.04. The van der Waals surface area contributed by atoms with E-state index in [0.29, 0.717) is 10.6 Å². The van der Waals surface area contributed by atoms with Crippen molar-refractivity contribution < 1.29 is 19.7 Å². The minimum atomic E-state index is -1.05. The van der Waals surface area contributed by atoms with Gasteiger partial charge in [0.25, 0.3) is 0 Å². The summed E-state index contributed by atoms with van der Waals surface area (Å²) in [5.41, 5.74) is 5.21. The number of carbonyl (C=O) groups is 1. The predicted molar refractivity (Wildman–Crippen MR) is 120 cm³/mol. The van der Waals surface area contributed by atoms with Crippen LogP contribution in [-0.2, 0) is 4.74 Å². The number of benzene rings is 3. The van der Waals surface area contributed by atoms with E-state index < -0.39 is 18.3 Å². The van der Waals surface area contributed by atoms with Crippen molar-refractivity contribution in [3.8, 4) is 11.1 Å². The number of nitrogens with one attached hydrogen (secondary N) is 1. The highest BCUT2D eigenvalue weighted by Gasteiger charge is 2.29. The Balaban J connectivity index is 1.28. The monoisotopic (exact) mass is 437 g/mol. The number of hydrogen-bond acceptors (Lipinski definition) is 4. The maximum Gasteiger partial charge on any atom is 0.407 e. The zero-order chi connectivity index (χ0) is 21.8. The van der Waals surface area contributed by atoms with Crippen molar-refractivity contribution in [1.29, 1.82) is 0 Å². The quantitative estimate of drug-likeness (QED) is 0.502. The highest BCUT2D eigenvalue weighted by molar-refractivity contribution is 6.30. The number of alkyl carbamates (subject to hydrolysis) is 1. The van der Waals surface area contributed by atoms with Crippen molar-refractivity contribution in [3.63, 3.8) is 0 Å². The Hall–Kier alpha value is -2.86. The number of ether oxygens (including phenoxy) is 1. The Morgan fingerprint density at radius 1 is 0.935 bits per heavy atom. The van der Waals surface area contributed by atoms with Gasteiger partial charge in [-0.25, -0.2) is 4.79 Å². The Labute approximate surface area is 186 Å². The van der Waals surface area contributed by atoms with Crippen LogP contribution in [0.4, 0.5) is 4.79 Å². The molecule has 0 spiro atoms. The van der Waals surface area contributed by atoms with Crippen LogP contribution in [0.2, 0.25) is 5.02 Å². The van der Waals surface area contributed by atoms with Crippen molar-refractivity contribution in [1.82, 2.24) is 5.32 Å². The molecule has 0 saturated carbocycles. The number of hydrogen-bond donors (Lipinski definition) is 3. The third-order valence-electron chi connectivity index (χ3n) is 5.63. The molecule has 0 heterocycles. The lowest BCUT2D eigenvalue weighted by molar-refractivity contribution is 0.0137. The first kappa shape index (κ1) is 21.4. The molecular weight excluding hydrogens is 414 g/mol. The van der Waals surface area contributed by atoms with Crippen LogP contribution >= 0.6 is 11.6 Å². The van der Waals surface area contributed by atoms with E-state index in [9.17, 15) is 15.0 Å². The molecule has 3 N–H and O–H groups in total. The first-order valence-corrected chi connectivity index (χ1v) is 10.6. The van der Waals surface area contributed by atoms with Gasteiger partial charge in [-0.05, 0) is 46.4 Å². The zero-order valence-electron chi connectivity index (χ0n) is 16.9. The second-order valence-electron chi connectivity index (χ2n) is 7.60. The molecule has 2 unspecified atom stereocenters. The molecular formula is C25H24ClNO4. The Bertz CT molecular complexity index is 1010. The van der Waals surface area contributed by atoms with E-state index in [1.165, 1.54) is 11.1 Å². The molecule has 0 aromatic heterocycles. The van der Waals surface area contributed by atoms with Gasteiger partial charge in [-0.1, -0.05) is 72.3 Å². The van der Waals surface area contributed by atoms with Gasteiger partial charge in [0.1, 0.15) is 12.7 Å². The number of carbonyl (C=O) groups excluding carboxylic acids is 1. The molecule has 0 bridgehead atoms. The molecule has 2 atom stereocenters. The normalized spacial score (nSPS) is 14.4. The fourth-order valence-corrected chi connectivity index (χ4v) is 4.14. The standard InChI is InChI=1S/C25H24ClNO4/c26-17-11-9-16(10-12-17)24(29)23(28)13-14-27-25(30)31-15-22-20-7-3-1-5-18(20)19-6-2-4-8-21(19)22/h1-12,22-24,28-29H,13-15H2,(H,27,30). The zero-order valence-corrected chi connectivity index (χ0v) is 17.6. The van der Waals surface area contributed by atoms with Crippen LogP contribution in [0, 0.1) is 0 Å². The summed E-state index contributed by atoms with van der Waals surface area (Å²) in [5, 5.41) is 23.6. The minimum absolute atomic E-state index is 0.00420. The molecule has 4 rings (SSSR count). The van der Waals surface area contributed by atoms with E-state index in [-0.39, 0.29) is 25.5 Å². The average molecular weight is 438 g/mol. The van der Waals surface area contributed by atoms with Crippen molar-refractivity contribution in [3.05, 3.63) is 94.5 Å². The Kier molecular flexibility index (Phi) is 6.56. The predicted octanol–water partition coefficient (Wildman–Crippen LogP) is 4.66. The summed E-state index contributed by atoms with van der Waals surface area (Å²) in [6, 6.07) is 22.9. The van der Waals surface area contributed by atoms with Gasteiger partial charge in [0.05, 0.1) is 6.10 Å². The van der Waals surface area contributed by atoms with E-state index in [2.05, 4.69) is 29.6 Å². The van der Waals surface area contributed by atoms with Gasteiger partial charge in [0, 0.05) is 17.5 Å². The summed E-state index contributed by atoms with van der Waals surface area (Å²) in [5.74, 6) is -0.00420. The van der Waals surface area contributed by atoms with Crippen molar-refractivity contribution in [2.45, 2.75) is 24.5 Å². The molecule has 0 aliphatic heterocycles. The third-order valence-corrected chi connectivity index (χ3v) is 5.88. The van der Waals surface area contributed by atoms with Crippen LogP contribution in [0.3, 0.4) is 0 Å². The number of aliphatic hydroxyl groups excluding tert-OH is 2. The number of amides is 1. The summed E-state index contributed by atoms with van der Waals surface area (Å²) >= 11 is 5.84. The molecule has 1 amide bonds. The van der Waals surface area contributed by atoms with Crippen LogP contribution in [-0.4, -0.2) is 35.6 Å². The first-order valence-electron chi connectivity index (χ1n) is 10.2. The lowest BCUT2D eigenvalue weighted by Crippen LogP contribution is -2.30. The average Bonchev–Trinajstić information content (AvgIpc) is 3.11. The number of rotatable bonds is 7. The summed E-state index contributed by atoms with van der Waals surface area (Å²) in [6.07, 6.45) is -2.43. The van der Waals surface area contributed by atoms with Gasteiger partial charge < -0.3 is 20.3 Å². The first-order chi connectivity index (χ1) is 15.0. The minimum Gasteiger partial charge on any atom is -0.449 e. The maximum atomic E-state index is 12.2. The second kappa shape index (κ2) is 9.52. The summed E-state index contributed by atoms with van der Waals surface area (Å²) in [6.45, 7) is 0.415. The van der Waals surface area contributed by atoms with Gasteiger partial charge in [0.15, 0.2) is 0 Å². The lowest BCUT2D eigenvalue weighted by Gasteiger charge is -2.19. The maximum absolute atomic E-state index is 12.2. The Morgan fingerprint density at radius 2 is 1.52 bits per heavy atom. The molecule has 3 aromatic carbocycles. The smallest absolute Gasteiger partial charge is 0.407 e. The van der Waals surface area contributed by atoms with Crippen LogP contribution in [0.15, 0.2) is 72.8 Å². The van der Waals surface area contributed by atoms with Crippen LogP contribution < -0.4 is 5.32 Å². The highest BCUT2D eigenvalue weighted by Crippen LogP contribution is 2.44. The summed E-state index contributed by atoms with van der Waals surface area (Å²) < 4.78 is 5.47. The van der Waals surface area contributed by atoms with Gasteiger partial charge in [-0.15, -0.1) is 0 Å². The fraction of sp³-hybridized carbons (Fsp3) is 0.240. The SMILES string of the molecule is O=C(NCCC(O)C(O)c1ccc(Cl)cc1)OCC1c2ccccc2-c2ccccc21. The molecule has 31 heavy (non-hydrogen) atoms. The molecule has 6 heteroatoms. The molecule has 1 aliphatic carbocycles. The lowest BCUT2D eigenvalue weighted by atomic mass is 9.98. The molecule has 1 aliphatic rings. The molecule has 0 radical (unpaired) electrons. The van der Waals surface area contributed by atoms with E-state index in [1.54, 1.807) is 24.3 Å². The summed E-state index contributed by atoms with van der Waals surface area (Å²) in [7, 11) is 0. The highest BCUT2D eigenvalue weighted by atomic mass is 35.5. The van der Waals surface area contributed by atoms with Crippen LogP contribution in [0.1, 0.15) is 35.1 Å². The molecule has 0 saturated heterocycles. The van der Waals surface area contributed by atoms with Crippen molar-refractivity contribution >= 4 is 17.7 Å². The van der Waals surface area contributed by atoms with E-state index in [4.69, 9.17) is 16.3 Å². The van der Waals surface area contributed by atoms with Crippen molar-refractivity contribution in [2.75, 3.05) is 13.2 Å². The van der Waals surface area contributed by atoms with Crippen LogP contribution in [0.5, 0.6) is 0 Å². The van der Waals surface area contributed by atoms with Gasteiger partial charge in [-0.3, -0.25) is 0 Å². The molecule has 3 aromatic rings. The van der Waals surface area contributed by atoms with Gasteiger partial charge in [-0.2, -0.15) is 0 Å². The molecule has 160 valence electrons. The Morgan fingerprint density at radius 3 is 2.13 bits per heavy atom. The van der Waals surface area contributed by atoms with Gasteiger partial charge in [0.2, 0.25) is 0 Å². The number of fused-ring (bicyclic) bond motifs is 3. The summed E-state index contributed by atoms with van der Waals surface area (Å²) in [4.78, 5) is 12.2. The molecule has 5 nitrogen and oxygen atoms in total. The number of aliphatic hydroxyl groups is 2. The largest absolute Gasteiger partial charge is 0.449 e. The molecule has 0 fully saturated rings. The van der Waals surface area contributed by atoms with Crippen LogP contribution in [0.25, 0.3) is 11.1 Å². The third kappa shape index (κ3) is 4.74. The van der Waals surface area contributed by atoms with E-state index in [1.807, 2.05) is 24.3 Å². The number of halogens is 1. The van der Waals surface area contributed by atoms with Crippen molar-refractivity contribution in [2.24, 2.45) is 0 Å².